The van der Waals surface area contributed by atoms with Gasteiger partial charge in [-0.15, -0.1) is 22.7 Å². The van der Waals surface area contributed by atoms with Crippen LogP contribution >= 0.6 is 22.7 Å². The number of hydrogen-bond acceptors (Lipinski definition) is 6. The number of carbonyl (C=O) groups is 1. The number of thiazole rings is 2. The minimum absolute atomic E-state index is 0.245. The number of nitrogens with zero attached hydrogens (tertiary/aromatic N) is 2. The number of carbonyl (C=O) groups excluding carboxylic acids is 1. The summed E-state index contributed by atoms with van der Waals surface area (Å²) in [4.78, 5) is 22.2. The highest BCUT2D eigenvalue weighted by Gasteiger charge is 2.16. The second kappa shape index (κ2) is 5.85. The summed E-state index contributed by atoms with van der Waals surface area (Å²) in [5, 5.41) is 4.11. The van der Waals surface area contributed by atoms with Gasteiger partial charge >= 0.3 is 0 Å². The van der Waals surface area contributed by atoms with E-state index < -0.39 is 0 Å². The van der Waals surface area contributed by atoms with Gasteiger partial charge in [0.1, 0.15) is 0 Å². The van der Waals surface area contributed by atoms with E-state index in [0.29, 0.717) is 10.9 Å². The maximum absolute atomic E-state index is 12.3. The average Bonchev–Trinajstić information content (AvgIpc) is 3.26. The molecule has 3 heterocycles. The zero-order chi connectivity index (χ0) is 16.7. The number of hydrogen-bond donors (Lipinski definition) is 1. The summed E-state index contributed by atoms with van der Waals surface area (Å²) < 4.78 is 6.77. The molecule has 0 fully saturated rings. The molecule has 4 rings (SSSR count). The minimum Gasteiger partial charge on any atom is -0.448 e. The van der Waals surface area contributed by atoms with Crippen molar-refractivity contribution in [2.45, 2.75) is 13.8 Å². The third kappa shape index (κ3) is 2.72. The smallest absolute Gasteiger partial charge is 0.293 e. The molecule has 0 spiro atoms. The van der Waals surface area contributed by atoms with Crippen LogP contribution in [0.3, 0.4) is 0 Å². The molecule has 0 bridgehead atoms. The number of furan rings is 1. The van der Waals surface area contributed by atoms with Crippen molar-refractivity contribution in [3.05, 3.63) is 52.7 Å². The Balaban J connectivity index is 1.58. The van der Waals surface area contributed by atoms with Crippen molar-refractivity contribution < 1.29 is 9.21 Å². The van der Waals surface area contributed by atoms with Crippen LogP contribution in [0, 0.1) is 13.8 Å². The molecule has 0 unspecified atom stereocenters. The molecule has 0 atom stereocenters. The van der Waals surface area contributed by atoms with Crippen LogP contribution in [-0.2, 0) is 0 Å². The number of rotatable bonds is 3. The van der Waals surface area contributed by atoms with Gasteiger partial charge in [0.25, 0.3) is 5.91 Å². The Hall–Kier alpha value is -2.51. The molecule has 120 valence electrons. The van der Waals surface area contributed by atoms with Gasteiger partial charge in [0.15, 0.2) is 21.7 Å². The maximum Gasteiger partial charge on any atom is 0.293 e. The van der Waals surface area contributed by atoms with Gasteiger partial charge in [0.2, 0.25) is 0 Å². The average molecular weight is 355 g/mol. The van der Waals surface area contributed by atoms with Crippen LogP contribution in [0.1, 0.15) is 21.1 Å². The summed E-state index contributed by atoms with van der Waals surface area (Å²) in [6.07, 6.45) is 0. The summed E-state index contributed by atoms with van der Waals surface area (Å²) in [6.45, 7) is 3.89. The molecule has 0 aliphatic rings. The molecule has 4 aromatic rings. The molecular formula is C17H13N3O2S2. The van der Waals surface area contributed by atoms with Gasteiger partial charge in [-0.2, -0.15) is 0 Å². The molecule has 0 radical (unpaired) electrons. The van der Waals surface area contributed by atoms with Crippen molar-refractivity contribution in [3.63, 3.8) is 0 Å². The summed E-state index contributed by atoms with van der Waals surface area (Å²) in [5.74, 6) is 0.527. The highest BCUT2D eigenvalue weighted by atomic mass is 32.1. The van der Waals surface area contributed by atoms with Crippen molar-refractivity contribution in [1.29, 1.82) is 0 Å². The van der Waals surface area contributed by atoms with Gasteiger partial charge in [-0.25, -0.2) is 9.97 Å². The fourth-order valence-electron chi connectivity index (χ4n) is 2.24. The van der Waals surface area contributed by atoms with Gasteiger partial charge < -0.3 is 4.42 Å². The SMILES string of the molecule is Cc1nc(NC(=O)c2ccc(-c3nc4ccccc4s3)o2)sc1C. The lowest BCUT2D eigenvalue weighted by molar-refractivity contribution is 0.0997. The molecule has 1 N–H and O–H groups in total. The zero-order valence-corrected chi connectivity index (χ0v) is 14.6. The number of aromatic nitrogens is 2. The van der Waals surface area contributed by atoms with Crippen LogP contribution in [0.25, 0.3) is 21.0 Å². The first-order valence-electron chi connectivity index (χ1n) is 7.31. The number of anilines is 1. The van der Waals surface area contributed by atoms with Gasteiger partial charge in [-0.1, -0.05) is 12.1 Å². The molecule has 1 amide bonds. The molecule has 24 heavy (non-hydrogen) atoms. The number of benzene rings is 1. The number of fused-ring (bicyclic) bond motifs is 1. The highest BCUT2D eigenvalue weighted by Crippen LogP contribution is 2.31. The molecule has 0 aliphatic carbocycles. The molecule has 0 saturated heterocycles. The van der Waals surface area contributed by atoms with Gasteiger partial charge in [-0.3, -0.25) is 10.1 Å². The number of aryl methyl sites for hydroxylation is 2. The third-order valence-electron chi connectivity index (χ3n) is 3.58. The van der Waals surface area contributed by atoms with Gasteiger partial charge in [0.05, 0.1) is 15.9 Å². The number of para-hydroxylation sites is 1. The van der Waals surface area contributed by atoms with E-state index in [-0.39, 0.29) is 11.7 Å². The van der Waals surface area contributed by atoms with E-state index in [1.807, 2.05) is 38.1 Å². The second-order valence-electron chi connectivity index (χ2n) is 5.27. The van der Waals surface area contributed by atoms with Crippen LogP contribution in [0.2, 0.25) is 0 Å². The third-order valence-corrected chi connectivity index (χ3v) is 5.62. The van der Waals surface area contributed by atoms with Crippen LogP contribution in [0.4, 0.5) is 5.13 Å². The Bertz CT molecular complexity index is 993. The Morgan fingerprint density at radius 3 is 2.67 bits per heavy atom. The Morgan fingerprint density at radius 2 is 1.92 bits per heavy atom. The van der Waals surface area contributed by atoms with Crippen LogP contribution in [0.5, 0.6) is 0 Å². The number of amides is 1. The molecular weight excluding hydrogens is 342 g/mol. The monoisotopic (exact) mass is 355 g/mol. The zero-order valence-electron chi connectivity index (χ0n) is 13.0. The van der Waals surface area contributed by atoms with E-state index in [1.165, 1.54) is 22.7 Å². The summed E-state index contributed by atoms with van der Waals surface area (Å²) >= 11 is 2.99. The summed E-state index contributed by atoms with van der Waals surface area (Å²) in [7, 11) is 0. The quantitative estimate of drug-likeness (QED) is 0.568. The van der Waals surface area contributed by atoms with Crippen molar-refractivity contribution in [2.24, 2.45) is 0 Å². The standard InChI is InChI=1S/C17H13N3O2S2/c1-9-10(2)23-17(18-9)20-15(21)12-7-8-13(22-12)16-19-11-5-3-4-6-14(11)24-16/h3-8H,1-2H3,(H,18,20,21). The molecule has 7 heteroatoms. The summed E-state index contributed by atoms with van der Waals surface area (Å²) in [5.41, 5.74) is 1.85. The first kappa shape index (κ1) is 15.0. The largest absolute Gasteiger partial charge is 0.448 e. The molecule has 3 aromatic heterocycles. The van der Waals surface area contributed by atoms with Gasteiger partial charge in [-0.05, 0) is 38.1 Å². The number of nitrogens with one attached hydrogen (secondary N) is 1. The fourth-order valence-corrected chi connectivity index (χ4v) is 3.97. The second-order valence-corrected chi connectivity index (χ2v) is 7.50. The Labute approximate surface area is 146 Å². The van der Waals surface area contributed by atoms with E-state index in [9.17, 15) is 4.79 Å². The lowest BCUT2D eigenvalue weighted by Gasteiger charge is -1.97. The predicted molar refractivity (Wildman–Crippen MR) is 96.9 cm³/mol. The van der Waals surface area contributed by atoms with Gasteiger partial charge in [0, 0.05) is 4.88 Å². The van der Waals surface area contributed by atoms with Crippen molar-refractivity contribution in [2.75, 3.05) is 5.32 Å². The topological polar surface area (TPSA) is 68.0 Å². The fraction of sp³-hybridized carbons (Fsp3) is 0.118. The molecule has 0 saturated carbocycles. The van der Waals surface area contributed by atoms with Crippen LogP contribution in [0.15, 0.2) is 40.8 Å². The van der Waals surface area contributed by atoms with E-state index in [1.54, 1.807) is 12.1 Å². The predicted octanol–water partition coefficient (Wildman–Crippen LogP) is 4.88. The molecule has 1 aromatic carbocycles. The normalized spacial score (nSPS) is 11.1. The highest BCUT2D eigenvalue weighted by molar-refractivity contribution is 7.21. The van der Waals surface area contributed by atoms with Crippen molar-refractivity contribution in [3.8, 4) is 10.8 Å². The summed E-state index contributed by atoms with van der Waals surface area (Å²) in [6, 6.07) is 11.3. The lowest BCUT2D eigenvalue weighted by atomic mass is 10.3. The van der Waals surface area contributed by atoms with Crippen molar-refractivity contribution >= 4 is 43.9 Å². The molecule has 5 nitrogen and oxygen atoms in total. The van der Waals surface area contributed by atoms with Crippen LogP contribution in [-0.4, -0.2) is 15.9 Å². The lowest BCUT2D eigenvalue weighted by Crippen LogP contribution is -2.10. The Kier molecular flexibility index (Phi) is 3.66. The molecule has 0 aliphatic heterocycles. The maximum atomic E-state index is 12.3. The van der Waals surface area contributed by atoms with E-state index in [2.05, 4.69) is 15.3 Å². The first-order chi connectivity index (χ1) is 11.6. The first-order valence-corrected chi connectivity index (χ1v) is 8.94. The minimum atomic E-state index is -0.309. The van der Waals surface area contributed by atoms with Crippen molar-refractivity contribution in [1.82, 2.24) is 9.97 Å². The van der Waals surface area contributed by atoms with E-state index >= 15 is 0 Å². The van der Waals surface area contributed by atoms with Crippen LogP contribution < -0.4 is 5.32 Å². The Morgan fingerprint density at radius 1 is 1.08 bits per heavy atom. The van der Waals surface area contributed by atoms with E-state index in [0.717, 1.165) is 25.8 Å². The van der Waals surface area contributed by atoms with E-state index in [4.69, 9.17) is 4.42 Å².